The summed E-state index contributed by atoms with van der Waals surface area (Å²) < 4.78 is 7.05. The van der Waals surface area contributed by atoms with E-state index in [0.29, 0.717) is 0 Å². The topological polar surface area (TPSA) is 9.23 Å². The summed E-state index contributed by atoms with van der Waals surface area (Å²) >= 11 is 6.15. The van der Waals surface area contributed by atoms with Crippen LogP contribution in [0.25, 0.3) is 0 Å². The minimum atomic E-state index is -1.89. The summed E-state index contributed by atoms with van der Waals surface area (Å²) in [7, 11) is -1.89. The SMILES string of the molecule is CC(c1ccc(Cl)cc1)C(O[Si](C)(C)C)(c1ccccc1)c1ccccc1. The average Bonchev–Trinajstić information content (AvgIpc) is 2.67. The minimum absolute atomic E-state index is 0.117. The molecule has 27 heavy (non-hydrogen) atoms. The van der Waals surface area contributed by atoms with Crippen LogP contribution in [0.2, 0.25) is 24.7 Å². The van der Waals surface area contributed by atoms with Crippen molar-refractivity contribution in [3.05, 3.63) is 107 Å². The molecule has 140 valence electrons. The summed E-state index contributed by atoms with van der Waals surface area (Å²) in [5.74, 6) is 0.117. The van der Waals surface area contributed by atoms with Crippen LogP contribution in [0.4, 0.5) is 0 Å². The van der Waals surface area contributed by atoms with Crippen LogP contribution in [0.5, 0.6) is 0 Å². The van der Waals surface area contributed by atoms with Crippen LogP contribution in [0.1, 0.15) is 29.5 Å². The Labute approximate surface area is 169 Å². The van der Waals surface area contributed by atoms with Crippen molar-refractivity contribution in [3.8, 4) is 0 Å². The number of hydrogen-bond donors (Lipinski definition) is 0. The van der Waals surface area contributed by atoms with Crippen LogP contribution in [-0.4, -0.2) is 8.32 Å². The van der Waals surface area contributed by atoms with Gasteiger partial charge in [0, 0.05) is 10.9 Å². The molecule has 0 radical (unpaired) electrons. The standard InChI is InChI=1S/C24H27ClOSi/c1-19(20-15-17-23(25)18-16-20)24(26-27(2,3)4,21-11-7-5-8-12-21)22-13-9-6-10-14-22/h5-19H,1-4H3. The lowest BCUT2D eigenvalue weighted by Crippen LogP contribution is -2.45. The third-order valence-electron chi connectivity index (χ3n) is 4.85. The van der Waals surface area contributed by atoms with Crippen molar-refractivity contribution in [1.29, 1.82) is 0 Å². The van der Waals surface area contributed by atoms with Gasteiger partial charge in [-0.3, -0.25) is 0 Å². The van der Waals surface area contributed by atoms with E-state index in [2.05, 4.69) is 99.4 Å². The molecular formula is C24H27ClOSi. The first-order valence-corrected chi connectivity index (χ1v) is 13.2. The van der Waals surface area contributed by atoms with E-state index in [1.807, 2.05) is 12.1 Å². The molecule has 0 bridgehead atoms. The van der Waals surface area contributed by atoms with Crippen molar-refractivity contribution < 1.29 is 4.43 Å². The van der Waals surface area contributed by atoms with Crippen LogP contribution in [0.3, 0.4) is 0 Å². The zero-order valence-electron chi connectivity index (χ0n) is 16.4. The monoisotopic (exact) mass is 394 g/mol. The molecule has 1 unspecified atom stereocenters. The molecule has 1 atom stereocenters. The average molecular weight is 395 g/mol. The molecule has 3 aromatic carbocycles. The lowest BCUT2D eigenvalue weighted by atomic mass is 9.74. The van der Waals surface area contributed by atoms with Crippen LogP contribution < -0.4 is 0 Å². The van der Waals surface area contributed by atoms with Gasteiger partial charge in [0.25, 0.3) is 0 Å². The Morgan fingerprint density at radius 2 is 1.19 bits per heavy atom. The molecule has 0 aliphatic heterocycles. The Balaban J connectivity index is 2.27. The van der Waals surface area contributed by atoms with E-state index < -0.39 is 13.9 Å². The Hall–Kier alpha value is -1.87. The number of benzene rings is 3. The highest BCUT2D eigenvalue weighted by molar-refractivity contribution is 6.69. The fourth-order valence-electron chi connectivity index (χ4n) is 3.71. The van der Waals surface area contributed by atoms with Gasteiger partial charge in [-0.25, -0.2) is 0 Å². The smallest absolute Gasteiger partial charge is 0.185 e. The number of hydrogen-bond acceptors (Lipinski definition) is 1. The van der Waals surface area contributed by atoms with Gasteiger partial charge in [0.15, 0.2) is 8.32 Å². The number of rotatable bonds is 6. The Kier molecular flexibility index (Phi) is 5.90. The van der Waals surface area contributed by atoms with Crippen molar-refractivity contribution in [2.24, 2.45) is 0 Å². The number of halogens is 1. The van der Waals surface area contributed by atoms with Crippen LogP contribution in [0, 0.1) is 0 Å². The van der Waals surface area contributed by atoms with Crippen LogP contribution in [0.15, 0.2) is 84.9 Å². The largest absolute Gasteiger partial charge is 0.403 e. The third-order valence-corrected chi connectivity index (χ3v) is 6.04. The summed E-state index contributed by atoms with van der Waals surface area (Å²) in [6, 6.07) is 29.3. The Bertz CT molecular complexity index is 815. The molecule has 0 saturated carbocycles. The summed E-state index contributed by atoms with van der Waals surface area (Å²) in [5, 5.41) is 0.752. The van der Waals surface area contributed by atoms with Gasteiger partial charge in [-0.2, -0.15) is 0 Å². The predicted molar refractivity (Wildman–Crippen MR) is 118 cm³/mol. The van der Waals surface area contributed by atoms with Gasteiger partial charge < -0.3 is 4.43 Å². The second-order valence-electron chi connectivity index (χ2n) is 7.96. The van der Waals surface area contributed by atoms with Crippen molar-refractivity contribution in [2.75, 3.05) is 0 Å². The van der Waals surface area contributed by atoms with E-state index in [1.54, 1.807) is 0 Å². The van der Waals surface area contributed by atoms with Gasteiger partial charge in [0.2, 0.25) is 0 Å². The second-order valence-corrected chi connectivity index (χ2v) is 12.8. The highest BCUT2D eigenvalue weighted by Crippen LogP contribution is 2.47. The normalized spacial score (nSPS) is 13.4. The van der Waals surface area contributed by atoms with Gasteiger partial charge in [0.05, 0.1) is 0 Å². The molecule has 0 aromatic heterocycles. The molecule has 0 aliphatic carbocycles. The van der Waals surface area contributed by atoms with Gasteiger partial charge >= 0.3 is 0 Å². The molecular weight excluding hydrogens is 368 g/mol. The summed E-state index contributed by atoms with van der Waals surface area (Å²) in [6.07, 6.45) is 0. The molecule has 3 heteroatoms. The molecule has 0 saturated heterocycles. The molecule has 0 N–H and O–H groups in total. The zero-order chi connectivity index (χ0) is 19.5. The minimum Gasteiger partial charge on any atom is -0.403 e. The van der Waals surface area contributed by atoms with E-state index in [0.717, 1.165) is 5.02 Å². The zero-order valence-corrected chi connectivity index (χ0v) is 18.2. The molecule has 1 nitrogen and oxygen atoms in total. The third kappa shape index (κ3) is 4.35. The summed E-state index contributed by atoms with van der Waals surface area (Å²) in [4.78, 5) is 0. The van der Waals surface area contributed by atoms with E-state index in [-0.39, 0.29) is 5.92 Å². The first kappa shape index (κ1) is 19.9. The van der Waals surface area contributed by atoms with Crippen molar-refractivity contribution in [3.63, 3.8) is 0 Å². The molecule has 0 aliphatic rings. The molecule has 0 amide bonds. The van der Waals surface area contributed by atoms with Crippen molar-refractivity contribution >= 4 is 19.9 Å². The van der Waals surface area contributed by atoms with E-state index in [9.17, 15) is 0 Å². The lowest BCUT2D eigenvalue weighted by molar-refractivity contribution is 0.0759. The van der Waals surface area contributed by atoms with Gasteiger partial charge in [-0.05, 0) is 48.5 Å². The van der Waals surface area contributed by atoms with Crippen LogP contribution in [-0.2, 0) is 10.0 Å². The van der Waals surface area contributed by atoms with Gasteiger partial charge in [0.1, 0.15) is 5.60 Å². The molecule has 3 rings (SSSR count). The first-order valence-electron chi connectivity index (χ1n) is 9.39. The van der Waals surface area contributed by atoms with E-state index in [1.165, 1.54) is 16.7 Å². The summed E-state index contributed by atoms with van der Waals surface area (Å²) in [5.41, 5.74) is 3.02. The highest BCUT2D eigenvalue weighted by Gasteiger charge is 2.44. The van der Waals surface area contributed by atoms with Gasteiger partial charge in [-0.15, -0.1) is 0 Å². The quantitative estimate of drug-likeness (QED) is 0.400. The van der Waals surface area contributed by atoms with Crippen molar-refractivity contribution in [2.45, 2.75) is 38.1 Å². The molecule has 3 aromatic rings. The highest BCUT2D eigenvalue weighted by atomic mass is 35.5. The maximum absolute atomic E-state index is 7.05. The van der Waals surface area contributed by atoms with Crippen molar-refractivity contribution in [1.82, 2.24) is 0 Å². The van der Waals surface area contributed by atoms with E-state index in [4.69, 9.17) is 16.0 Å². The van der Waals surface area contributed by atoms with E-state index >= 15 is 0 Å². The fourth-order valence-corrected chi connectivity index (χ4v) is 5.22. The Morgan fingerprint density at radius 1 is 0.741 bits per heavy atom. The summed E-state index contributed by atoms with van der Waals surface area (Å²) in [6.45, 7) is 9.01. The first-order chi connectivity index (χ1) is 12.8. The molecule has 0 fully saturated rings. The van der Waals surface area contributed by atoms with Gasteiger partial charge in [-0.1, -0.05) is 91.3 Å². The predicted octanol–water partition coefficient (Wildman–Crippen LogP) is 7.24. The second kappa shape index (κ2) is 8.01. The maximum atomic E-state index is 7.05. The Morgan fingerprint density at radius 3 is 1.59 bits per heavy atom. The maximum Gasteiger partial charge on any atom is 0.185 e. The van der Waals surface area contributed by atoms with Crippen LogP contribution >= 0.6 is 11.6 Å². The lowest BCUT2D eigenvalue weighted by Gasteiger charge is -2.45. The molecule has 0 heterocycles. The fraction of sp³-hybridized carbons (Fsp3) is 0.250. The molecule has 0 spiro atoms.